The third kappa shape index (κ3) is 2.57. The minimum Gasteiger partial charge on any atom is -0.325 e. The molecule has 1 aromatic carbocycles. The molecule has 0 radical (unpaired) electrons. The summed E-state index contributed by atoms with van der Waals surface area (Å²) in [5, 5.41) is 11.5. The second-order valence-electron chi connectivity index (χ2n) is 3.76. The van der Waals surface area contributed by atoms with Crippen LogP contribution in [0.1, 0.15) is 20.3 Å². The van der Waals surface area contributed by atoms with Crippen molar-refractivity contribution >= 4 is 11.6 Å². The number of carbonyl (C=O) groups excluding carboxylic acids is 1. The zero-order chi connectivity index (χ0) is 12.2. The first kappa shape index (κ1) is 12.2. The second kappa shape index (κ2) is 4.75. The van der Waals surface area contributed by atoms with Crippen molar-refractivity contribution in [3.8, 4) is 6.07 Å². The van der Waals surface area contributed by atoms with Crippen molar-refractivity contribution in [2.45, 2.75) is 20.3 Å². The topological polar surface area (TPSA) is 52.9 Å². The number of anilines is 1. The van der Waals surface area contributed by atoms with Gasteiger partial charge in [-0.25, -0.2) is 4.39 Å². The summed E-state index contributed by atoms with van der Waals surface area (Å²) in [5.41, 5.74) is -0.560. The first-order chi connectivity index (χ1) is 7.51. The van der Waals surface area contributed by atoms with Gasteiger partial charge < -0.3 is 5.32 Å². The summed E-state index contributed by atoms with van der Waals surface area (Å²) in [4.78, 5) is 11.8. The molecule has 1 atom stereocenters. The first-order valence-corrected chi connectivity index (χ1v) is 5.00. The summed E-state index contributed by atoms with van der Waals surface area (Å²) < 4.78 is 12.6. The highest BCUT2D eigenvalue weighted by Crippen LogP contribution is 2.22. The Kier molecular flexibility index (Phi) is 3.62. The minimum atomic E-state index is -1.05. The van der Waals surface area contributed by atoms with Gasteiger partial charge in [-0.15, -0.1) is 0 Å². The van der Waals surface area contributed by atoms with Gasteiger partial charge in [-0.05, 0) is 37.6 Å². The highest BCUT2D eigenvalue weighted by atomic mass is 19.1. The first-order valence-electron chi connectivity index (χ1n) is 5.00. The Hall–Kier alpha value is -1.89. The van der Waals surface area contributed by atoms with Gasteiger partial charge in [0.15, 0.2) is 0 Å². The lowest BCUT2D eigenvalue weighted by Gasteiger charge is -2.18. The highest BCUT2D eigenvalue weighted by Gasteiger charge is 2.31. The van der Waals surface area contributed by atoms with Crippen molar-refractivity contribution in [3.05, 3.63) is 30.1 Å². The number of halogens is 1. The fraction of sp³-hybridized carbons (Fsp3) is 0.333. The molecule has 3 nitrogen and oxygen atoms in total. The van der Waals surface area contributed by atoms with Gasteiger partial charge >= 0.3 is 0 Å². The Balaban J connectivity index is 2.79. The number of hydrogen-bond donors (Lipinski definition) is 1. The van der Waals surface area contributed by atoms with E-state index in [0.717, 1.165) is 0 Å². The molecular weight excluding hydrogens is 207 g/mol. The van der Waals surface area contributed by atoms with Gasteiger partial charge in [-0.2, -0.15) is 5.26 Å². The molecule has 84 valence electrons. The van der Waals surface area contributed by atoms with Crippen molar-refractivity contribution in [1.29, 1.82) is 5.26 Å². The molecule has 0 aliphatic heterocycles. The van der Waals surface area contributed by atoms with Crippen LogP contribution >= 0.6 is 0 Å². The Morgan fingerprint density at radius 3 is 2.50 bits per heavy atom. The van der Waals surface area contributed by atoms with Crippen molar-refractivity contribution in [1.82, 2.24) is 0 Å². The molecule has 0 spiro atoms. The molecule has 0 saturated carbocycles. The lowest BCUT2D eigenvalue weighted by atomic mass is 9.88. The maximum absolute atomic E-state index is 12.6. The molecule has 16 heavy (non-hydrogen) atoms. The summed E-state index contributed by atoms with van der Waals surface area (Å²) in [6.45, 7) is 3.35. The lowest BCUT2D eigenvalue weighted by Crippen LogP contribution is -2.31. The minimum absolute atomic E-state index is 0.364. The van der Waals surface area contributed by atoms with E-state index < -0.39 is 5.41 Å². The number of hydrogen-bond acceptors (Lipinski definition) is 2. The number of amides is 1. The molecule has 0 saturated heterocycles. The Labute approximate surface area is 93.9 Å². The van der Waals surface area contributed by atoms with E-state index in [1.807, 2.05) is 6.07 Å². The highest BCUT2D eigenvalue weighted by molar-refractivity contribution is 5.96. The summed E-state index contributed by atoms with van der Waals surface area (Å²) in [5.74, 6) is -0.736. The molecule has 4 heteroatoms. The monoisotopic (exact) mass is 220 g/mol. The van der Waals surface area contributed by atoms with Crippen molar-refractivity contribution in [3.63, 3.8) is 0 Å². The average Bonchev–Trinajstić information content (AvgIpc) is 2.31. The Bertz CT molecular complexity index is 422. The van der Waals surface area contributed by atoms with Crippen molar-refractivity contribution in [2.75, 3.05) is 5.32 Å². The van der Waals surface area contributed by atoms with Crippen LogP contribution in [0.25, 0.3) is 0 Å². The molecular formula is C12H13FN2O. The predicted octanol–water partition coefficient (Wildman–Crippen LogP) is 2.70. The number of carbonyl (C=O) groups is 1. The molecule has 1 unspecified atom stereocenters. The fourth-order valence-electron chi connectivity index (χ4n) is 1.09. The lowest BCUT2D eigenvalue weighted by molar-refractivity contribution is -0.122. The van der Waals surface area contributed by atoms with Crippen LogP contribution in [-0.2, 0) is 4.79 Å². The summed E-state index contributed by atoms with van der Waals surface area (Å²) in [7, 11) is 0. The quantitative estimate of drug-likeness (QED) is 0.851. The van der Waals surface area contributed by atoms with E-state index >= 15 is 0 Å². The van der Waals surface area contributed by atoms with Crippen LogP contribution in [0.3, 0.4) is 0 Å². The zero-order valence-electron chi connectivity index (χ0n) is 9.25. The average molecular weight is 220 g/mol. The van der Waals surface area contributed by atoms with Crippen LogP contribution < -0.4 is 5.32 Å². The molecule has 0 heterocycles. The fourth-order valence-corrected chi connectivity index (χ4v) is 1.09. The third-order valence-electron chi connectivity index (χ3n) is 2.56. The van der Waals surface area contributed by atoms with Crippen molar-refractivity contribution in [2.24, 2.45) is 5.41 Å². The van der Waals surface area contributed by atoms with Gasteiger partial charge in [0.2, 0.25) is 5.91 Å². The van der Waals surface area contributed by atoms with Crippen LogP contribution in [0.15, 0.2) is 24.3 Å². The third-order valence-corrected chi connectivity index (χ3v) is 2.56. The molecule has 0 aliphatic carbocycles. The van der Waals surface area contributed by atoms with E-state index in [0.29, 0.717) is 12.1 Å². The number of nitriles is 1. The summed E-state index contributed by atoms with van der Waals surface area (Å²) in [6, 6.07) is 7.40. The Morgan fingerprint density at radius 1 is 1.50 bits per heavy atom. The van der Waals surface area contributed by atoms with Crippen LogP contribution in [0.5, 0.6) is 0 Å². The van der Waals surface area contributed by atoms with Crippen LogP contribution in [-0.4, -0.2) is 5.91 Å². The second-order valence-corrected chi connectivity index (χ2v) is 3.76. The molecule has 1 amide bonds. The maximum atomic E-state index is 12.6. The van der Waals surface area contributed by atoms with Gasteiger partial charge in [-0.1, -0.05) is 6.92 Å². The van der Waals surface area contributed by atoms with Crippen LogP contribution in [0.4, 0.5) is 10.1 Å². The molecule has 0 bridgehead atoms. The van der Waals surface area contributed by atoms with Gasteiger partial charge in [-0.3, -0.25) is 4.79 Å². The number of nitrogens with zero attached hydrogens (tertiary/aromatic N) is 1. The van der Waals surface area contributed by atoms with E-state index in [-0.39, 0.29) is 11.7 Å². The van der Waals surface area contributed by atoms with Crippen LogP contribution in [0.2, 0.25) is 0 Å². The number of nitrogens with one attached hydrogen (secondary N) is 1. The van der Waals surface area contributed by atoms with Gasteiger partial charge in [0, 0.05) is 5.69 Å². The van der Waals surface area contributed by atoms with E-state index in [9.17, 15) is 9.18 Å². The summed E-state index contributed by atoms with van der Waals surface area (Å²) >= 11 is 0. The van der Waals surface area contributed by atoms with E-state index in [1.165, 1.54) is 24.3 Å². The Morgan fingerprint density at radius 2 is 2.06 bits per heavy atom. The van der Waals surface area contributed by atoms with Gasteiger partial charge in [0.25, 0.3) is 0 Å². The maximum Gasteiger partial charge on any atom is 0.244 e. The van der Waals surface area contributed by atoms with Gasteiger partial charge in [0.1, 0.15) is 11.2 Å². The van der Waals surface area contributed by atoms with E-state index in [1.54, 1.807) is 13.8 Å². The van der Waals surface area contributed by atoms with E-state index in [4.69, 9.17) is 5.26 Å². The molecule has 0 aliphatic rings. The molecule has 1 aromatic rings. The van der Waals surface area contributed by atoms with Gasteiger partial charge in [0.05, 0.1) is 6.07 Å². The standard InChI is InChI=1S/C12H13FN2O/c1-3-12(2,8-14)11(16)15-10-6-4-9(13)5-7-10/h4-7H,3H2,1-2H3,(H,15,16). The summed E-state index contributed by atoms with van der Waals surface area (Å²) in [6.07, 6.45) is 0.427. The van der Waals surface area contributed by atoms with Crippen molar-refractivity contribution < 1.29 is 9.18 Å². The molecule has 0 aromatic heterocycles. The molecule has 1 N–H and O–H groups in total. The SMILES string of the molecule is CCC(C)(C#N)C(=O)Nc1ccc(F)cc1. The van der Waals surface area contributed by atoms with E-state index in [2.05, 4.69) is 5.32 Å². The normalized spacial score (nSPS) is 13.6. The number of rotatable bonds is 3. The molecule has 1 rings (SSSR count). The zero-order valence-corrected chi connectivity index (χ0v) is 9.25. The number of benzene rings is 1. The largest absolute Gasteiger partial charge is 0.325 e. The predicted molar refractivity (Wildman–Crippen MR) is 59.0 cm³/mol. The van der Waals surface area contributed by atoms with Crippen LogP contribution in [0, 0.1) is 22.6 Å². The molecule has 0 fully saturated rings. The smallest absolute Gasteiger partial charge is 0.244 e.